The Hall–Kier alpha value is -2.22. The molecule has 1 aliphatic heterocycles. The van der Waals surface area contributed by atoms with Gasteiger partial charge < -0.3 is 19.8 Å². The lowest BCUT2D eigenvalue weighted by atomic mass is 9.92. The number of aliphatic hydroxyl groups excluding tert-OH is 1. The summed E-state index contributed by atoms with van der Waals surface area (Å²) < 4.78 is 5.57. The number of piperidine rings is 1. The van der Waals surface area contributed by atoms with Crippen molar-refractivity contribution in [2.45, 2.75) is 31.4 Å². The minimum absolute atomic E-state index is 0.139. The molecule has 0 aliphatic carbocycles. The van der Waals surface area contributed by atoms with Crippen LogP contribution in [-0.2, 0) is 6.54 Å². The maximum atomic E-state index is 11.1. The minimum Gasteiger partial charge on any atom is -0.494 e. The molecule has 0 amide bonds. The van der Waals surface area contributed by atoms with Gasteiger partial charge in [-0.1, -0.05) is 12.1 Å². The molecule has 7 heteroatoms. The molecule has 1 saturated heterocycles. The van der Waals surface area contributed by atoms with E-state index in [1.165, 1.54) is 5.56 Å². The highest BCUT2D eigenvalue weighted by Gasteiger charge is 2.35. The van der Waals surface area contributed by atoms with Crippen LogP contribution in [-0.4, -0.2) is 70.6 Å². The van der Waals surface area contributed by atoms with Crippen LogP contribution < -0.4 is 9.64 Å². The molecule has 2 aromatic rings. The van der Waals surface area contributed by atoms with Crippen molar-refractivity contribution in [3.63, 3.8) is 0 Å². The zero-order valence-electron chi connectivity index (χ0n) is 16.5. The van der Waals surface area contributed by atoms with Crippen molar-refractivity contribution in [3.05, 3.63) is 48.3 Å². The monoisotopic (exact) mass is 386 g/mol. The summed E-state index contributed by atoms with van der Waals surface area (Å²) in [4.78, 5) is 12.8. The highest BCUT2D eigenvalue weighted by Crippen LogP contribution is 2.25. The second kappa shape index (κ2) is 9.82. The highest BCUT2D eigenvalue weighted by molar-refractivity contribution is 5.31. The number of rotatable bonds is 9. The average Bonchev–Trinajstić information content (AvgIpc) is 2.70. The summed E-state index contributed by atoms with van der Waals surface area (Å²) in [7, 11) is 2.03. The van der Waals surface area contributed by atoms with E-state index in [9.17, 15) is 5.11 Å². The Bertz CT molecular complexity index is 713. The predicted molar refractivity (Wildman–Crippen MR) is 108 cm³/mol. The number of aromatic nitrogens is 2. The van der Waals surface area contributed by atoms with Crippen LogP contribution in [0.5, 0.6) is 5.75 Å². The Morgan fingerprint density at radius 2 is 1.96 bits per heavy atom. The number of benzene rings is 1. The lowest BCUT2D eigenvalue weighted by Crippen LogP contribution is -2.54. The fraction of sp³-hybridized carbons (Fsp3) is 0.524. The summed E-state index contributed by atoms with van der Waals surface area (Å²) in [5.74, 6) is 1.49. The van der Waals surface area contributed by atoms with Gasteiger partial charge in [-0.15, -0.1) is 0 Å². The molecule has 0 bridgehead atoms. The number of hydrogen-bond donors (Lipinski definition) is 2. The first-order chi connectivity index (χ1) is 13.6. The quantitative estimate of drug-likeness (QED) is 0.635. The van der Waals surface area contributed by atoms with E-state index in [-0.39, 0.29) is 6.61 Å². The van der Waals surface area contributed by atoms with Crippen LogP contribution in [0.25, 0.3) is 0 Å². The van der Waals surface area contributed by atoms with Crippen LogP contribution >= 0.6 is 0 Å². The van der Waals surface area contributed by atoms with Crippen molar-refractivity contribution in [2.75, 3.05) is 44.8 Å². The smallest absolute Gasteiger partial charge is 0.225 e. The Morgan fingerprint density at radius 3 is 2.68 bits per heavy atom. The lowest BCUT2D eigenvalue weighted by molar-refractivity contribution is -0.00366. The summed E-state index contributed by atoms with van der Waals surface area (Å²) in [6.07, 6.45) is 5.80. The van der Waals surface area contributed by atoms with Crippen molar-refractivity contribution in [3.8, 4) is 5.75 Å². The van der Waals surface area contributed by atoms with Crippen molar-refractivity contribution in [2.24, 2.45) is 0 Å². The van der Waals surface area contributed by atoms with Gasteiger partial charge in [0.15, 0.2) is 0 Å². The first kappa shape index (κ1) is 20.5. The fourth-order valence-corrected chi connectivity index (χ4v) is 3.68. The molecule has 0 spiro atoms. The van der Waals surface area contributed by atoms with Crippen molar-refractivity contribution in [1.29, 1.82) is 0 Å². The summed E-state index contributed by atoms with van der Waals surface area (Å²) in [6.45, 7) is 3.41. The number of β-amino-alcohol motifs (C(OH)–C–C–N with tert-alkyl or cyclic N) is 1. The van der Waals surface area contributed by atoms with Crippen LogP contribution in [0.2, 0.25) is 0 Å². The number of hydrogen-bond acceptors (Lipinski definition) is 7. The molecule has 152 valence electrons. The van der Waals surface area contributed by atoms with E-state index in [0.29, 0.717) is 32.1 Å². The summed E-state index contributed by atoms with van der Waals surface area (Å²) in [6, 6.07) is 9.78. The van der Waals surface area contributed by atoms with Gasteiger partial charge in [-0.2, -0.15) is 0 Å². The first-order valence-corrected chi connectivity index (χ1v) is 9.83. The fourth-order valence-electron chi connectivity index (χ4n) is 3.68. The zero-order valence-corrected chi connectivity index (χ0v) is 16.5. The van der Waals surface area contributed by atoms with Gasteiger partial charge in [0.25, 0.3) is 0 Å². The first-order valence-electron chi connectivity index (χ1n) is 9.83. The molecule has 1 fully saturated rings. The summed E-state index contributed by atoms with van der Waals surface area (Å²) in [5, 5.41) is 19.9. The second-order valence-electron chi connectivity index (χ2n) is 7.54. The number of ether oxygens (including phenoxy) is 1. The molecule has 1 aliphatic rings. The number of anilines is 1. The van der Waals surface area contributed by atoms with Crippen LogP contribution in [0.4, 0.5) is 5.95 Å². The third-order valence-electron chi connectivity index (χ3n) is 4.90. The molecule has 1 unspecified atom stereocenters. The molecule has 1 aromatic carbocycles. The number of nitrogens with zero attached hydrogens (tertiary/aromatic N) is 4. The van der Waals surface area contributed by atoms with E-state index in [1.54, 1.807) is 18.5 Å². The summed E-state index contributed by atoms with van der Waals surface area (Å²) in [5.41, 5.74) is 0.388. The van der Waals surface area contributed by atoms with Gasteiger partial charge in [-0.25, -0.2) is 9.97 Å². The third kappa shape index (κ3) is 5.89. The second-order valence-corrected chi connectivity index (χ2v) is 7.54. The van der Waals surface area contributed by atoms with Gasteiger partial charge in [0.2, 0.25) is 5.95 Å². The topological polar surface area (TPSA) is 82.0 Å². The third-order valence-corrected chi connectivity index (χ3v) is 4.90. The Kier molecular flexibility index (Phi) is 7.19. The molecule has 0 saturated carbocycles. The molecule has 1 atom stereocenters. The average molecular weight is 386 g/mol. The maximum absolute atomic E-state index is 11.1. The molecule has 3 rings (SSSR count). The maximum Gasteiger partial charge on any atom is 0.225 e. The lowest BCUT2D eigenvalue weighted by Gasteiger charge is -2.41. The Labute approximate surface area is 166 Å². The largest absolute Gasteiger partial charge is 0.494 e. The van der Waals surface area contributed by atoms with Crippen LogP contribution in [0.1, 0.15) is 24.8 Å². The molecule has 28 heavy (non-hydrogen) atoms. The van der Waals surface area contributed by atoms with E-state index in [1.807, 2.05) is 31.3 Å². The normalized spacial score (nSPS) is 19.8. The molecule has 1 aromatic heterocycles. The van der Waals surface area contributed by atoms with E-state index >= 15 is 0 Å². The van der Waals surface area contributed by atoms with Gasteiger partial charge >= 0.3 is 0 Å². The number of aliphatic hydroxyl groups is 2. The molecule has 2 heterocycles. The van der Waals surface area contributed by atoms with E-state index < -0.39 is 5.60 Å². The van der Waals surface area contributed by atoms with Gasteiger partial charge in [-0.05, 0) is 43.7 Å². The predicted octanol–water partition coefficient (Wildman–Crippen LogP) is 1.70. The minimum atomic E-state index is -0.778. The van der Waals surface area contributed by atoms with Gasteiger partial charge in [0, 0.05) is 45.1 Å². The molecular formula is C21H30N4O3. The van der Waals surface area contributed by atoms with Crippen LogP contribution in [0, 0.1) is 0 Å². The number of likely N-dealkylation sites (N-methyl/N-ethyl adjacent to an activating group) is 1. The van der Waals surface area contributed by atoms with Crippen LogP contribution in [0.3, 0.4) is 0 Å². The SMILES string of the molecule is CN(Cc1ccc(OCCCO)cc1)CC1(O)CCCN(c2ncccn2)C1. The Balaban J connectivity index is 1.52. The van der Waals surface area contributed by atoms with Crippen molar-refractivity contribution >= 4 is 5.95 Å². The molecular weight excluding hydrogens is 356 g/mol. The standard InChI is InChI=1S/C21H30N4O3/c1-24(15-18-5-7-19(8-6-18)28-14-4-13-26)16-21(27)9-2-12-25(17-21)20-22-10-3-11-23-20/h3,5-8,10-11,26-27H,2,4,9,12-17H2,1H3. The van der Waals surface area contributed by atoms with Crippen LogP contribution in [0.15, 0.2) is 42.7 Å². The van der Waals surface area contributed by atoms with E-state index in [4.69, 9.17) is 9.84 Å². The highest BCUT2D eigenvalue weighted by atomic mass is 16.5. The molecule has 7 nitrogen and oxygen atoms in total. The zero-order chi connectivity index (χ0) is 19.8. The van der Waals surface area contributed by atoms with Crippen molar-refractivity contribution in [1.82, 2.24) is 14.9 Å². The molecule has 2 N–H and O–H groups in total. The Morgan fingerprint density at radius 1 is 1.21 bits per heavy atom. The van der Waals surface area contributed by atoms with Gasteiger partial charge in [-0.3, -0.25) is 4.90 Å². The van der Waals surface area contributed by atoms with Crippen molar-refractivity contribution < 1.29 is 14.9 Å². The van der Waals surface area contributed by atoms with Gasteiger partial charge in [0.1, 0.15) is 5.75 Å². The van der Waals surface area contributed by atoms with E-state index in [2.05, 4.69) is 19.8 Å². The van der Waals surface area contributed by atoms with E-state index in [0.717, 1.165) is 31.7 Å². The summed E-state index contributed by atoms with van der Waals surface area (Å²) >= 11 is 0. The molecule has 0 radical (unpaired) electrons. The van der Waals surface area contributed by atoms with Gasteiger partial charge in [0.05, 0.1) is 18.8 Å².